The highest BCUT2D eigenvalue weighted by Crippen LogP contribution is 2.39. The standard InChI is InChI=1S/C12H12O3S2/c1-2-14-11(13)10-9(15-12(16)17-10)8-6-4-3-5-7-8/h3-7,9-10H,2H2,1H3/t9-,10+/m0/s1. The Morgan fingerprint density at radius 1 is 1.47 bits per heavy atom. The van der Waals surface area contributed by atoms with Gasteiger partial charge in [0, 0.05) is 0 Å². The van der Waals surface area contributed by atoms with Gasteiger partial charge in [-0.25, -0.2) is 0 Å². The predicted octanol–water partition coefficient (Wildman–Crippen LogP) is 2.71. The third-order valence-corrected chi connectivity index (χ3v) is 3.74. The summed E-state index contributed by atoms with van der Waals surface area (Å²) in [7, 11) is 0. The first-order valence-electron chi connectivity index (χ1n) is 5.31. The first-order chi connectivity index (χ1) is 8.22. The predicted molar refractivity (Wildman–Crippen MR) is 70.9 cm³/mol. The summed E-state index contributed by atoms with van der Waals surface area (Å²) in [5.41, 5.74) is 0.943. The van der Waals surface area contributed by atoms with Crippen LogP contribution in [0.2, 0.25) is 0 Å². The van der Waals surface area contributed by atoms with Crippen LogP contribution in [0.4, 0.5) is 0 Å². The number of thiocarbonyl (C=S) groups is 1. The number of carbonyl (C=O) groups excluding carboxylic acids is 1. The maximum atomic E-state index is 11.8. The molecule has 0 aliphatic carbocycles. The topological polar surface area (TPSA) is 35.5 Å². The van der Waals surface area contributed by atoms with Gasteiger partial charge in [0.1, 0.15) is 6.10 Å². The molecule has 5 heteroatoms. The van der Waals surface area contributed by atoms with Gasteiger partial charge in [0.05, 0.1) is 6.61 Å². The van der Waals surface area contributed by atoms with Crippen LogP contribution in [0, 0.1) is 0 Å². The van der Waals surface area contributed by atoms with E-state index in [0.29, 0.717) is 11.0 Å². The molecule has 1 aliphatic rings. The summed E-state index contributed by atoms with van der Waals surface area (Å²) < 4.78 is 10.9. The van der Waals surface area contributed by atoms with E-state index in [1.54, 1.807) is 6.92 Å². The van der Waals surface area contributed by atoms with E-state index in [2.05, 4.69) is 0 Å². The van der Waals surface area contributed by atoms with Gasteiger partial charge >= 0.3 is 5.97 Å². The van der Waals surface area contributed by atoms with Crippen molar-refractivity contribution in [2.75, 3.05) is 6.61 Å². The van der Waals surface area contributed by atoms with Gasteiger partial charge in [-0.15, -0.1) is 0 Å². The van der Waals surface area contributed by atoms with Crippen molar-refractivity contribution in [1.82, 2.24) is 0 Å². The zero-order valence-electron chi connectivity index (χ0n) is 9.29. The molecule has 0 bridgehead atoms. The number of ether oxygens (including phenoxy) is 2. The number of hydrogen-bond donors (Lipinski definition) is 0. The van der Waals surface area contributed by atoms with Gasteiger partial charge in [0.25, 0.3) is 0 Å². The Labute approximate surface area is 109 Å². The lowest BCUT2D eigenvalue weighted by molar-refractivity contribution is -0.144. The highest BCUT2D eigenvalue weighted by molar-refractivity contribution is 8.23. The van der Waals surface area contributed by atoms with Gasteiger partial charge in [-0.2, -0.15) is 0 Å². The molecule has 1 aromatic carbocycles. The molecule has 2 atom stereocenters. The minimum absolute atomic E-state index is 0.272. The van der Waals surface area contributed by atoms with Crippen LogP contribution in [0.1, 0.15) is 18.6 Å². The fourth-order valence-corrected chi connectivity index (χ4v) is 2.92. The molecule has 1 aliphatic heterocycles. The van der Waals surface area contributed by atoms with Crippen LogP contribution < -0.4 is 0 Å². The Balaban J connectivity index is 2.20. The molecule has 1 fully saturated rings. The SMILES string of the molecule is CCOC(=O)[C@@H]1SC(=S)O[C@H]1c1ccccc1. The summed E-state index contributed by atoms with van der Waals surface area (Å²) >= 11 is 6.26. The number of carbonyl (C=O) groups is 1. The quantitative estimate of drug-likeness (QED) is 0.622. The van der Waals surface area contributed by atoms with Crippen molar-refractivity contribution in [3.63, 3.8) is 0 Å². The van der Waals surface area contributed by atoms with E-state index in [0.717, 1.165) is 5.56 Å². The number of thioether (sulfide) groups is 1. The zero-order chi connectivity index (χ0) is 12.3. The van der Waals surface area contributed by atoms with Crippen LogP contribution in [0.25, 0.3) is 0 Å². The molecule has 0 N–H and O–H groups in total. The van der Waals surface area contributed by atoms with Crippen LogP contribution >= 0.6 is 24.0 Å². The number of rotatable bonds is 3. The first kappa shape index (κ1) is 12.4. The summed E-state index contributed by atoms with van der Waals surface area (Å²) in [6.07, 6.45) is -0.340. The number of benzene rings is 1. The lowest BCUT2D eigenvalue weighted by Gasteiger charge is -2.15. The van der Waals surface area contributed by atoms with Crippen molar-refractivity contribution in [1.29, 1.82) is 0 Å². The average molecular weight is 268 g/mol. The Kier molecular flexibility index (Phi) is 4.02. The molecule has 1 saturated heterocycles. The van der Waals surface area contributed by atoms with Crippen LogP contribution in [-0.4, -0.2) is 22.2 Å². The van der Waals surface area contributed by atoms with Gasteiger partial charge in [-0.3, -0.25) is 4.79 Å². The van der Waals surface area contributed by atoms with Crippen molar-refractivity contribution in [3.05, 3.63) is 35.9 Å². The molecule has 0 amide bonds. The Morgan fingerprint density at radius 3 is 2.82 bits per heavy atom. The van der Waals surface area contributed by atoms with Gasteiger partial charge in [-0.05, 0) is 24.7 Å². The van der Waals surface area contributed by atoms with Crippen LogP contribution in [0.15, 0.2) is 30.3 Å². The third kappa shape index (κ3) is 2.79. The molecule has 1 heterocycles. The Hall–Kier alpha value is -1.07. The summed E-state index contributed by atoms with van der Waals surface area (Å²) in [6.45, 7) is 2.15. The molecule has 0 saturated carbocycles. The highest BCUT2D eigenvalue weighted by Gasteiger charge is 2.40. The molecule has 3 nitrogen and oxygen atoms in total. The molecule has 0 aromatic heterocycles. The molecule has 17 heavy (non-hydrogen) atoms. The van der Waals surface area contributed by atoms with Crippen molar-refractivity contribution in [3.8, 4) is 0 Å². The number of hydrogen-bond acceptors (Lipinski definition) is 5. The lowest BCUT2D eigenvalue weighted by Crippen LogP contribution is -2.24. The Bertz CT molecular complexity index is 419. The van der Waals surface area contributed by atoms with E-state index >= 15 is 0 Å². The van der Waals surface area contributed by atoms with E-state index in [-0.39, 0.29) is 12.1 Å². The monoisotopic (exact) mass is 268 g/mol. The minimum Gasteiger partial charge on any atom is -0.469 e. The summed E-state index contributed by atoms with van der Waals surface area (Å²) in [4.78, 5) is 11.8. The van der Waals surface area contributed by atoms with Crippen LogP contribution in [-0.2, 0) is 14.3 Å². The molecular weight excluding hydrogens is 256 g/mol. The van der Waals surface area contributed by atoms with Gasteiger partial charge in [-0.1, -0.05) is 42.1 Å². The van der Waals surface area contributed by atoms with E-state index in [1.165, 1.54) is 11.8 Å². The zero-order valence-corrected chi connectivity index (χ0v) is 10.9. The van der Waals surface area contributed by atoms with Crippen LogP contribution in [0.5, 0.6) is 0 Å². The summed E-state index contributed by atoms with van der Waals surface area (Å²) in [5.74, 6) is -0.272. The van der Waals surface area contributed by atoms with Crippen molar-refractivity contribution >= 4 is 34.3 Å². The molecule has 90 valence electrons. The molecule has 2 rings (SSSR count). The molecular formula is C12H12O3S2. The maximum Gasteiger partial charge on any atom is 0.323 e. The minimum atomic E-state index is -0.398. The summed E-state index contributed by atoms with van der Waals surface area (Å²) in [5, 5.41) is -0.398. The normalized spacial score (nSPS) is 23.2. The molecule has 0 spiro atoms. The smallest absolute Gasteiger partial charge is 0.323 e. The summed E-state index contributed by atoms with van der Waals surface area (Å²) in [6, 6.07) is 9.58. The van der Waals surface area contributed by atoms with Gasteiger partial charge in [0.2, 0.25) is 4.38 Å². The highest BCUT2D eigenvalue weighted by atomic mass is 32.2. The Morgan fingerprint density at radius 2 is 2.18 bits per heavy atom. The molecule has 0 unspecified atom stereocenters. The second kappa shape index (κ2) is 5.51. The fourth-order valence-electron chi connectivity index (χ4n) is 1.64. The van der Waals surface area contributed by atoms with E-state index in [9.17, 15) is 4.79 Å². The third-order valence-electron chi connectivity index (χ3n) is 2.37. The lowest BCUT2D eigenvalue weighted by atomic mass is 10.1. The second-order valence-corrected chi connectivity index (χ2v) is 5.23. The largest absolute Gasteiger partial charge is 0.469 e. The van der Waals surface area contributed by atoms with Crippen molar-refractivity contribution in [2.45, 2.75) is 18.3 Å². The van der Waals surface area contributed by atoms with E-state index < -0.39 is 5.25 Å². The van der Waals surface area contributed by atoms with Crippen molar-refractivity contribution in [2.24, 2.45) is 0 Å². The van der Waals surface area contributed by atoms with Crippen LogP contribution in [0.3, 0.4) is 0 Å². The fraction of sp³-hybridized carbons (Fsp3) is 0.333. The van der Waals surface area contributed by atoms with E-state index in [4.69, 9.17) is 21.7 Å². The average Bonchev–Trinajstić information content (AvgIpc) is 2.73. The maximum absolute atomic E-state index is 11.8. The van der Waals surface area contributed by atoms with Gasteiger partial charge in [0.15, 0.2) is 5.25 Å². The second-order valence-electron chi connectivity index (χ2n) is 3.49. The van der Waals surface area contributed by atoms with Gasteiger partial charge < -0.3 is 9.47 Å². The molecule has 1 aromatic rings. The van der Waals surface area contributed by atoms with E-state index in [1.807, 2.05) is 30.3 Å². The van der Waals surface area contributed by atoms with Crippen molar-refractivity contribution < 1.29 is 14.3 Å². The molecule has 0 radical (unpaired) electrons. The number of esters is 1. The first-order valence-corrected chi connectivity index (χ1v) is 6.60.